The lowest BCUT2D eigenvalue weighted by Gasteiger charge is -2.30. The van der Waals surface area contributed by atoms with Crippen LogP contribution >= 0.6 is 0 Å². The molecule has 0 bridgehead atoms. The maximum absolute atomic E-state index is 14.8. The van der Waals surface area contributed by atoms with Crippen LogP contribution in [0.2, 0.25) is 0 Å². The molecule has 1 fully saturated rings. The van der Waals surface area contributed by atoms with E-state index in [9.17, 15) is 22.4 Å². The summed E-state index contributed by atoms with van der Waals surface area (Å²) >= 11 is 0. The van der Waals surface area contributed by atoms with Gasteiger partial charge in [0.25, 0.3) is 5.91 Å². The second kappa shape index (κ2) is 8.80. The van der Waals surface area contributed by atoms with Crippen LogP contribution < -0.4 is 4.74 Å². The van der Waals surface area contributed by atoms with Gasteiger partial charge in [-0.25, -0.2) is 9.37 Å². The van der Waals surface area contributed by atoms with Crippen molar-refractivity contribution in [1.82, 2.24) is 24.9 Å². The number of hydrogen-bond donors (Lipinski definition) is 0. The molecule has 0 spiro atoms. The number of likely N-dealkylation sites (tertiary alicyclic amines) is 1. The molecular weight excluding hydrogens is 442 g/mol. The van der Waals surface area contributed by atoms with Crippen molar-refractivity contribution in [2.24, 2.45) is 5.92 Å². The van der Waals surface area contributed by atoms with Gasteiger partial charge < -0.3 is 9.64 Å². The normalized spacial score (nSPS) is 19.5. The number of rotatable bonds is 5. The van der Waals surface area contributed by atoms with Gasteiger partial charge in [-0.2, -0.15) is 28.2 Å². The molecule has 1 aliphatic rings. The number of alkyl halides is 3. The van der Waals surface area contributed by atoms with Crippen molar-refractivity contribution < 1.29 is 27.1 Å². The molecule has 174 valence electrons. The number of nitrogens with zero attached hydrogens (tertiary/aromatic N) is 5. The van der Waals surface area contributed by atoms with Gasteiger partial charge in [-0.05, 0) is 37.5 Å². The standard InChI is InChI=1S/C22H21F4N5O2/c1-13-10-18(14(2)33-19-7-6-15(11-27-19)22(24,25)26)30(12-13)21(32)20-16(23)4-3-5-17(20)31-28-8-9-29-31/h3-9,11,13-14,18H,10,12H2,1-2H3. The molecule has 1 aromatic carbocycles. The van der Waals surface area contributed by atoms with Crippen molar-refractivity contribution in [3.63, 3.8) is 0 Å². The van der Waals surface area contributed by atoms with Crippen molar-refractivity contribution in [1.29, 1.82) is 0 Å². The molecule has 3 unspecified atom stereocenters. The molecule has 3 heterocycles. The number of halogens is 4. The third-order valence-electron chi connectivity index (χ3n) is 5.57. The molecule has 33 heavy (non-hydrogen) atoms. The van der Waals surface area contributed by atoms with Gasteiger partial charge in [-0.1, -0.05) is 13.0 Å². The number of benzene rings is 1. The maximum atomic E-state index is 14.8. The Morgan fingerprint density at radius 3 is 2.55 bits per heavy atom. The Labute approximate surface area is 187 Å². The molecular formula is C22H21F4N5O2. The van der Waals surface area contributed by atoms with Crippen molar-refractivity contribution in [3.8, 4) is 11.6 Å². The molecule has 0 N–H and O–H groups in total. The van der Waals surface area contributed by atoms with E-state index in [0.717, 1.165) is 12.1 Å². The summed E-state index contributed by atoms with van der Waals surface area (Å²) in [6.07, 6.45) is -0.967. The molecule has 2 aromatic heterocycles. The summed E-state index contributed by atoms with van der Waals surface area (Å²) in [6, 6.07) is 5.81. The van der Waals surface area contributed by atoms with E-state index >= 15 is 0 Å². The minimum Gasteiger partial charge on any atom is -0.472 e. The molecule has 0 saturated carbocycles. The number of pyridine rings is 1. The zero-order valence-corrected chi connectivity index (χ0v) is 17.8. The lowest BCUT2D eigenvalue weighted by Crippen LogP contribution is -2.44. The van der Waals surface area contributed by atoms with Crippen LogP contribution in [0.4, 0.5) is 17.6 Å². The zero-order chi connectivity index (χ0) is 23.8. The van der Waals surface area contributed by atoms with Crippen molar-refractivity contribution in [2.75, 3.05) is 6.54 Å². The number of hydrogen-bond acceptors (Lipinski definition) is 5. The molecule has 11 heteroatoms. The molecule has 0 radical (unpaired) electrons. The van der Waals surface area contributed by atoms with Gasteiger partial charge in [0.05, 0.1) is 24.0 Å². The number of aromatic nitrogens is 4. The van der Waals surface area contributed by atoms with Crippen molar-refractivity contribution in [3.05, 3.63) is 65.9 Å². The van der Waals surface area contributed by atoms with Crippen LogP contribution in [0.15, 0.2) is 48.9 Å². The molecule has 0 aliphatic carbocycles. The highest BCUT2D eigenvalue weighted by molar-refractivity contribution is 5.98. The smallest absolute Gasteiger partial charge is 0.417 e. The van der Waals surface area contributed by atoms with Crippen LogP contribution in [0.25, 0.3) is 5.69 Å². The molecule has 3 aromatic rings. The van der Waals surface area contributed by atoms with Gasteiger partial charge in [0.2, 0.25) is 5.88 Å². The second-order valence-electron chi connectivity index (χ2n) is 8.02. The van der Waals surface area contributed by atoms with Gasteiger partial charge in [0.15, 0.2) is 0 Å². The number of amides is 1. The maximum Gasteiger partial charge on any atom is 0.417 e. The van der Waals surface area contributed by atoms with Crippen LogP contribution in [0.5, 0.6) is 5.88 Å². The Kier molecular flexibility index (Phi) is 6.05. The first kappa shape index (κ1) is 22.7. The van der Waals surface area contributed by atoms with E-state index in [-0.39, 0.29) is 23.0 Å². The third kappa shape index (κ3) is 4.67. The highest BCUT2D eigenvalue weighted by atomic mass is 19.4. The number of carbonyl (C=O) groups is 1. The van der Waals surface area contributed by atoms with E-state index in [1.807, 2.05) is 6.92 Å². The average molecular weight is 463 g/mol. The lowest BCUT2D eigenvalue weighted by molar-refractivity contribution is -0.137. The van der Waals surface area contributed by atoms with E-state index in [1.54, 1.807) is 13.0 Å². The summed E-state index contributed by atoms with van der Waals surface area (Å²) in [5, 5.41) is 8.00. The summed E-state index contributed by atoms with van der Waals surface area (Å²) < 4.78 is 58.9. The quantitative estimate of drug-likeness (QED) is 0.532. The summed E-state index contributed by atoms with van der Waals surface area (Å²) in [5.41, 5.74) is -0.831. The largest absolute Gasteiger partial charge is 0.472 e. The molecule has 1 saturated heterocycles. The van der Waals surface area contributed by atoms with Crippen LogP contribution in [0.3, 0.4) is 0 Å². The predicted molar refractivity (Wildman–Crippen MR) is 109 cm³/mol. The fourth-order valence-corrected chi connectivity index (χ4v) is 4.03. The summed E-state index contributed by atoms with van der Waals surface area (Å²) in [4.78, 5) is 19.9. The second-order valence-corrected chi connectivity index (χ2v) is 8.02. The van der Waals surface area contributed by atoms with Gasteiger partial charge >= 0.3 is 6.18 Å². The minimum absolute atomic E-state index is 0.00905. The van der Waals surface area contributed by atoms with E-state index in [4.69, 9.17) is 4.74 Å². The first-order valence-corrected chi connectivity index (χ1v) is 10.3. The number of ether oxygens (including phenoxy) is 1. The molecule has 3 atom stereocenters. The van der Waals surface area contributed by atoms with E-state index in [1.165, 1.54) is 34.2 Å². The Bertz CT molecular complexity index is 1120. The highest BCUT2D eigenvalue weighted by Gasteiger charge is 2.40. The molecule has 1 amide bonds. The van der Waals surface area contributed by atoms with Crippen molar-refractivity contribution >= 4 is 5.91 Å². The van der Waals surface area contributed by atoms with Crippen LogP contribution in [0, 0.1) is 11.7 Å². The average Bonchev–Trinajstić information content (AvgIpc) is 3.43. The Hall–Kier alpha value is -3.50. The Morgan fingerprint density at radius 1 is 1.18 bits per heavy atom. The van der Waals surface area contributed by atoms with Crippen molar-refractivity contribution in [2.45, 2.75) is 38.6 Å². The van der Waals surface area contributed by atoms with Crippen LogP contribution in [-0.2, 0) is 6.18 Å². The minimum atomic E-state index is -4.50. The van der Waals surface area contributed by atoms with E-state index in [0.29, 0.717) is 19.2 Å². The SMILES string of the molecule is CC1CC(C(C)Oc2ccc(C(F)(F)F)cn2)N(C(=O)c2c(F)cccc2-n2nccn2)C1. The van der Waals surface area contributed by atoms with E-state index in [2.05, 4.69) is 15.2 Å². The zero-order valence-electron chi connectivity index (χ0n) is 17.8. The lowest BCUT2D eigenvalue weighted by atomic mass is 10.0. The fraction of sp³-hybridized carbons (Fsp3) is 0.364. The summed E-state index contributed by atoms with van der Waals surface area (Å²) in [7, 11) is 0. The summed E-state index contributed by atoms with van der Waals surface area (Å²) in [6.45, 7) is 4.04. The molecule has 4 rings (SSSR count). The van der Waals surface area contributed by atoms with Gasteiger partial charge in [-0.3, -0.25) is 4.79 Å². The first-order chi connectivity index (χ1) is 15.6. The first-order valence-electron chi connectivity index (χ1n) is 10.3. The monoisotopic (exact) mass is 463 g/mol. The van der Waals surface area contributed by atoms with Gasteiger partial charge in [0, 0.05) is 18.8 Å². The topological polar surface area (TPSA) is 73.1 Å². The Balaban J connectivity index is 1.58. The van der Waals surface area contributed by atoms with Crippen LogP contribution in [0.1, 0.15) is 36.2 Å². The highest BCUT2D eigenvalue weighted by Crippen LogP contribution is 2.32. The summed E-state index contributed by atoms with van der Waals surface area (Å²) in [5.74, 6) is -1.12. The fourth-order valence-electron chi connectivity index (χ4n) is 4.03. The predicted octanol–water partition coefficient (Wildman–Crippen LogP) is 4.14. The molecule has 1 aliphatic heterocycles. The number of carbonyl (C=O) groups excluding carboxylic acids is 1. The molecule has 7 nitrogen and oxygen atoms in total. The third-order valence-corrected chi connectivity index (χ3v) is 5.57. The van der Waals surface area contributed by atoms with E-state index < -0.39 is 35.6 Å². The Morgan fingerprint density at radius 2 is 1.91 bits per heavy atom. The van der Waals surface area contributed by atoms with Gasteiger partial charge in [-0.15, -0.1) is 0 Å². The van der Waals surface area contributed by atoms with Gasteiger partial charge in [0.1, 0.15) is 23.2 Å². The van der Waals surface area contributed by atoms with Crippen LogP contribution in [-0.4, -0.2) is 49.5 Å².